The molecule has 4 N–H and O–H groups in total. The van der Waals surface area contributed by atoms with Crippen LogP contribution in [-0.4, -0.2) is 11.7 Å². The van der Waals surface area contributed by atoms with Gasteiger partial charge in [0.05, 0.1) is 0 Å². The third kappa shape index (κ3) is 3.62. The molecular weight excluding hydrogens is 360 g/mol. The van der Waals surface area contributed by atoms with Crippen molar-refractivity contribution in [2.75, 3.05) is 5.32 Å². The third-order valence-electron chi connectivity index (χ3n) is 4.99. The van der Waals surface area contributed by atoms with Crippen LogP contribution in [0.2, 0.25) is 0 Å². The highest BCUT2D eigenvalue weighted by Crippen LogP contribution is 2.31. The van der Waals surface area contributed by atoms with Crippen LogP contribution >= 0.6 is 0 Å². The van der Waals surface area contributed by atoms with E-state index in [2.05, 4.69) is 17.2 Å². The molecular formula is C24H22N4O. The van der Waals surface area contributed by atoms with Crippen molar-refractivity contribution >= 4 is 23.1 Å². The van der Waals surface area contributed by atoms with Crippen molar-refractivity contribution in [1.82, 2.24) is 5.32 Å². The van der Waals surface area contributed by atoms with Gasteiger partial charge in [-0.05, 0) is 30.7 Å². The van der Waals surface area contributed by atoms with E-state index in [-0.39, 0.29) is 0 Å². The molecule has 0 radical (unpaired) electrons. The van der Waals surface area contributed by atoms with E-state index in [1.54, 1.807) is 12.1 Å². The van der Waals surface area contributed by atoms with Gasteiger partial charge in [0, 0.05) is 33.6 Å². The minimum atomic E-state index is -0.477. The molecule has 0 saturated carbocycles. The molecule has 3 aromatic rings. The number of anilines is 1. The summed E-state index contributed by atoms with van der Waals surface area (Å²) in [6.07, 6.45) is -0.444. The molecule has 1 amide bonds. The van der Waals surface area contributed by atoms with E-state index in [4.69, 9.17) is 10.7 Å². The Balaban J connectivity index is 1.75. The van der Waals surface area contributed by atoms with Crippen LogP contribution in [0.25, 0.3) is 5.70 Å². The predicted molar refractivity (Wildman–Crippen MR) is 118 cm³/mol. The Bertz CT molecular complexity index is 1130. The van der Waals surface area contributed by atoms with E-state index in [9.17, 15) is 4.79 Å². The number of nitrogens with one attached hydrogen (secondary N) is 2. The van der Waals surface area contributed by atoms with Crippen molar-refractivity contribution in [2.45, 2.75) is 13.1 Å². The van der Waals surface area contributed by atoms with Crippen molar-refractivity contribution in [3.63, 3.8) is 0 Å². The van der Waals surface area contributed by atoms with Crippen molar-refractivity contribution in [3.05, 3.63) is 107 Å². The highest BCUT2D eigenvalue weighted by Gasteiger charge is 2.24. The number of hydrogen-bond donors (Lipinski definition) is 3. The van der Waals surface area contributed by atoms with Crippen LogP contribution in [0.4, 0.5) is 5.69 Å². The van der Waals surface area contributed by atoms with Crippen LogP contribution in [0.15, 0.2) is 84.4 Å². The molecule has 0 aromatic heterocycles. The number of hydrogen-bond acceptors (Lipinski definition) is 4. The Morgan fingerprint density at radius 1 is 1.00 bits per heavy atom. The number of fused-ring (bicyclic) bond motifs is 1. The van der Waals surface area contributed by atoms with Gasteiger partial charge < -0.3 is 16.4 Å². The summed E-state index contributed by atoms with van der Waals surface area (Å²) < 4.78 is 0. The van der Waals surface area contributed by atoms with E-state index >= 15 is 0 Å². The fourth-order valence-corrected chi connectivity index (χ4v) is 3.52. The molecule has 1 atom stereocenters. The Kier molecular flexibility index (Phi) is 4.87. The number of rotatable bonds is 4. The summed E-state index contributed by atoms with van der Waals surface area (Å²) in [4.78, 5) is 16.8. The summed E-state index contributed by atoms with van der Waals surface area (Å²) in [6.45, 7) is 6.26. The number of nitrogens with zero attached hydrogens (tertiary/aromatic N) is 1. The van der Waals surface area contributed by atoms with E-state index in [0.29, 0.717) is 11.4 Å². The Morgan fingerprint density at radius 2 is 1.66 bits per heavy atom. The second kappa shape index (κ2) is 7.64. The third-order valence-corrected chi connectivity index (χ3v) is 4.99. The van der Waals surface area contributed by atoms with E-state index in [1.165, 1.54) is 0 Å². The average Bonchev–Trinajstić information content (AvgIpc) is 2.74. The smallest absolute Gasteiger partial charge is 0.249 e. The van der Waals surface area contributed by atoms with Crippen LogP contribution in [-0.2, 0) is 0 Å². The second-order valence-corrected chi connectivity index (χ2v) is 6.94. The lowest BCUT2D eigenvalue weighted by atomic mass is 10.0. The number of amides is 1. The van der Waals surface area contributed by atoms with E-state index in [1.807, 2.05) is 67.6 Å². The molecule has 5 heteroatoms. The summed E-state index contributed by atoms with van der Waals surface area (Å²) in [5, 5.41) is 6.78. The van der Waals surface area contributed by atoms with Crippen molar-refractivity contribution in [1.29, 1.82) is 0 Å². The zero-order valence-electron chi connectivity index (χ0n) is 16.1. The summed E-state index contributed by atoms with van der Waals surface area (Å²) in [5.74, 6) is 0.215. The lowest BCUT2D eigenvalue weighted by Gasteiger charge is -2.28. The van der Waals surface area contributed by atoms with Gasteiger partial charge in [-0.1, -0.05) is 61.2 Å². The first kappa shape index (κ1) is 18.5. The highest BCUT2D eigenvalue weighted by molar-refractivity contribution is 6.08. The van der Waals surface area contributed by atoms with Crippen LogP contribution < -0.4 is 16.4 Å². The summed E-state index contributed by atoms with van der Waals surface area (Å²) in [7, 11) is 0. The number of aryl methyl sites for hydroxylation is 1. The molecule has 29 heavy (non-hydrogen) atoms. The standard InChI is InChI=1S/C24H22N4O/c1-15-9-3-4-10-17(15)16(2)26-24-20-13-7-8-14-21(20)27-23(28-24)19-12-6-5-11-18(19)22(25)29/h3-14,23,27H,2H2,1H3,(H2,25,29)(H,26,28). The molecule has 0 bridgehead atoms. The van der Waals surface area contributed by atoms with Gasteiger partial charge in [-0.15, -0.1) is 0 Å². The molecule has 1 unspecified atom stereocenters. The van der Waals surface area contributed by atoms with Gasteiger partial charge in [-0.3, -0.25) is 4.79 Å². The maximum absolute atomic E-state index is 11.9. The van der Waals surface area contributed by atoms with Crippen molar-refractivity contribution in [3.8, 4) is 0 Å². The molecule has 0 saturated heterocycles. The van der Waals surface area contributed by atoms with E-state index in [0.717, 1.165) is 33.6 Å². The lowest BCUT2D eigenvalue weighted by molar-refractivity contribution is 0.0999. The zero-order chi connectivity index (χ0) is 20.4. The molecule has 144 valence electrons. The SMILES string of the molecule is C=C(NC1=NC(c2ccccc2C(N)=O)Nc2ccccc21)c1ccccc1C. The molecule has 1 heterocycles. The van der Waals surface area contributed by atoms with Gasteiger partial charge in [0.15, 0.2) is 0 Å². The Hall–Kier alpha value is -3.86. The molecule has 0 fully saturated rings. The summed E-state index contributed by atoms with van der Waals surface area (Å²) in [5.41, 5.74) is 11.5. The number of benzene rings is 3. The Labute approximate surface area is 170 Å². The maximum atomic E-state index is 11.9. The largest absolute Gasteiger partial charge is 0.366 e. The Morgan fingerprint density at radius 3 is 2.41 bits per heavy atom. The van der Waals surface area contributed by atoms with Gasteiger partial charge in [0.25, 0.3) is 0 Å². The van der Waals surface area contributed by atoms with Gasteiger partial charge in [-0.25, -0.2) is 4.99 Å². The topological polar surface area (TPSA) is 79.5 Å². The zero-order valence-corrected chi connectivity index (χ0v) is 16.1. The minimum Gasteiger partial charge on any atom is -0.366 e. The van der Waals surface area contributed by atoms with Crippen LogP contribution in [0, 0.1) is 6.92 Å². The van der Waals surface area contributed by atoms with Gasteiger partial charge >= 0.3 is 0 Å². The first-order chi connectivity index (χ1) is 14.0. The molecule has 3 aromatic carbocycles. The monoisotopic (exact) mass is 382 g/mol. The number of nitrogens with two attached hydrogens (primary N) is 1. The van der Waals surface area contributed by atoms with Gasteiger partial charge in [-0.2, -0.15) is 0 Å². The van der Waals surface area contributed by atoms with Crippen molar-refractivity contribution in [2.24, 2.45) is 10.7 Å². The summed E-state index contributed by atoms with van der Waals surface area (Å²) in [6, 6.07) is 23.2. The molecule has 5 nitrogen and oxygen atoms in total. The predicted octanol–water partition coefficient (Wildman–Crippen LogP) is 4.23. The number of para-hydroxylation sites is 1. The normalized spacial score (nSPS) is 14.9. The van der Waals surface area contributed by atoms with Crippen LogP contribution in [0.3, 0.4) is 0 Å². The molecule has 1 aliphatic rings. The first-order valence-corrected chi connectivity index (χ1v) is 9.39. The van der Waals surface area contributed by atoms with E-state index < -0.39 is 12.1 Å². The van der Waals surface area contributed by atoms with Crippen LogP contribution in [0.1, 0.15) is 38.8 Å². The number of aliphatic imine (C=N–C) groups is 1. The molecule has 0 spiro atoms. The average molecular weight is 382 g/mol. The first-order valence-electron chi connectivity index (χ1n) is 9.39. The van der Waals surface area contributed by atoms with Gasteiger partial charge in [0.1, 0.15) is 12.0 Å². The molecule has 0 aliphatic carbocycles. The van der Waals surface area contributed by atoms with Gasteiger partial charge in [0.2, 0.25) is 5.91 Å². The molecule has 4 rings (SSSR count). The number of carbonyl (C=O) groups is 1. The van der Waals surface area contributed by atoms with Crippen molar-refractivity contribution < 1.29 is 4.79 Å². The summed E-state index contributed by atoms with van der Waals surface area (Å²) >= 11 is 0. The molecule has 1 aliphatic heterocycles. The second-order valence-electron chi connectivity index (χ2n) is 6.94. The highest BCUT2D eigenvalue weighted by atomic mass is 16.1. The lowest BCUT2D eigenvalue weighted by Crippen LogP contribution is -2.30. The fraction of sp³-hybridized carbons (Fsp3) is 0.0833. The maximum Gasteiger partial charge on any atom is 0.249 e. The van der Waals surface area contributed by atoms with Crippen LogP contribution in [0.5, 0.6) is 0 Å². The number of amidine groups is 1. The minimum absolute atomic E-state index is 0.444. The number of carbonyl (C=O) groups excluding carboxylic acids is 1. The number of primary amides is 1. The quantitative estimate of drug-likeness (QED) is 0.632. The fourth-order valence-electron chi connectivity index (χ4n) is 3.52.